The lowest BCUT2D eigenvalue weighted by atomic mass is 10.7. The second-order valence-electron chi connectivity index (χ2n) is 1.84. The van der Waals surface area contributed by atoms with Gasteiger partial charge in [-0.25, -0.2) is 4.52 Å². The molecule has 4 nitrogen and oxygen atoms in total. The second kappa shape index (κ2) is 1.28. The van der Waals surface area contributed by atoms with E-state index in [0.717, 1.165) is 5.65 Å². The van der Waals surface area contributed by atoms with Gasteiger partial charge in [-0.1, -0.05) is 0 Å². The van der Waals surface area contributed by atoms with Gasteiger partial charge < -0.3 is 4.98 Å². The number of nitrogens with one attached hydrogen (secondary N) is 2. The predicted octanol–water partition coefficient (Wildman–Crippen LogP) is -0.0443. The van der Waals surface area contributed by atoms with Crippen LogP contribution in [0.25, 0.3) is 5.65 Å². The van der Waals surface area contributed by atoms with Crippen molar-refractivity contribution in [3.63, 3.8) is 0 Å². The molecule has 9 heavy (non-hydrogen) atoms. The molecule has 0 aromatic carbocycles. The Balaban J connectivity index is 3.08. The van der Waals surface area contributed by atoms with Crippen molar-refractivity contribution in [3.05, 3.63) is 28.8 Å². The normalized spacial score (nSPS) is 10.7. The molecule has 0 fully saturated rings. The molecule has 0 bridgehead atoms. The first kappa shape index (κ1) is 4.43. The SMILES string of the molecule is O=c1cc2[nH]ccn2[nH]1. The van der Waals surface area contributed by atoms with Gasteiger partial charge in [-0.05, 0) is 0 Å². The smallest absolute Gasteiger partial charge is 0.266 e. The van der Waals surface area contributed by atoms with Gasteiger partial charge >= 0.3 is 0 Å². The molecule has 0 atom stereocenters. The van der Waals surface area contributed by atoms with Crippen LogP contribution in [-0.4, -0.2) is 14.6 Å². The lowest BCUT2D eigenvalue weighted by molar-refractivity contribution is 0.948. The molecule has 46 valence electrons. The minimum absolute atomic E-state index is 0.0816. The van der Waals surface area contributed by atoms with Crippen LogP contribution < -0.4 is 5.56 Å². The zero-order valence-corrected chi connectivity index (χ0v) is 4.59. The van der Waals surface area contributed by atoms with Crippen LogP contribution in [0.1, 0.15) is 0 Å². The average molecular weight is 123 g/mol. The van der Waals surface area contributed by atoms with E-state index in [2.05, 4.69) is 10.1 Å². The van der Waals surface area contributed by atoms with Gasteiger partial charge in [-0.3, -0.25) is 9.89 Å². The van der Waals surface area contributed by atoms with Gasteiger partial charge in [0.15, 0.2) is 0 Å². The number of nitrogens with zero attached hydrogens (tertiary/aromatic N) is 1. The molecule has 0 aliphatic carbocycles. The van der Waals surface area contributed by atoms with Crippen LogP contribution in [0.4, 0.5) is 0 Å². The molecule has 2 rings (SSSR count). The fraction of sp³-hybridized carbons (Fsp3) is 0. The molecule has 0 radical (unpaired) electrons. The minimum atomic E-state index is -0.0816. The highest BCUT2D eigenvalue weighted by Crippen LogP contribution is 1.90. The third-order valence-corrected chi connectivity index (χ3v) is 1.21. The number of hydrogen-bond donors (Lipinski definition) is 2. The Morgan fingerprint density at radius 3 is 3.22 bits per heavy atom. The maximum absolute atomic E-state index is 10.6. The Morgan fingerprint density at radius 2 is 2.44 bits per heavy atom. The van der Waals surface area contributed by atoms with Gasteiger partial charge in [0.05, 0.1) is 0 Å². The lowest BCUT2D eigenvalue weighted by Crippen LogP contribution is -1.97. The zero-order chi connectivity index (χ0) is 6.27. The van der Waals surface area contributed by atoms with E-state index in [9.17, 15) is 4.79 Å². The van der Waals surface area contributed by atoms with Gasteiger partial charge in [0.2, 0.25) is 0 Å². The highest BCUT2D eigenvalue weighted by atomic mass is 16.1. The number of fused-ring (bicyclic) bond motifs is 1. The maximum Gasteiger partial charge on any atom is 0.266 e. The van der Waals surface area contributed by atoms with Crippen molar-refractivity contribution in [2.75, 3.05) is 0 Å². The molecule has 0 aliphatic heterocycles. The van der Waals surface area contributed by atoms with Crippen LogP contribution in [0.2, 0.25) is 0 Å². The molecular weight excluding hydrogens is 118 g/mol. The van der Waals surface area contributed by atoms with Crippen molar-refractivity contribution in [1.29, 1.82) is 0 Å². The number of hydrogen-bond acceptors (Lipinski definition) is 1. The zero-order valence-electron chi connectivity index (χ0n) is 4.59. The summed E-state index contributed by atoms with van der Waals surface area (Å²) in [6, 6.07) is 1.50. The molecule has 2 N–H and O–H groups in total. The first-order valence-electron chi connectivity index (χ1n) is 2.61. The maximum atomic E-state index is 10.6. The lowest BCUT2D eigenvalue weighted by Gasteiger charge is -1.74. The Hall–Kier alpha value is -1.45. The van der Waals surface area contributed by atoms with E-state index in [0.29, 0.717) is 0 Å². The third-order valence-electron chi connectivity index (χ3n) is 1.21. The third kappa shape index (κ3) is 0.495. The standard InChI is InChI=1S/C5H5N3O/c9-5-3-4-6-1-2-8(4)7-5/h1-3,6H,(H,7,9). The van der Waals surface area contributed by atoms with E-state index >= 15 is 0 Å². The van der Waals surface area contributed by atoms with Crippen molar-refractivity contribution in [2.45, 2.75) is 0 Å². The topological polar surface area (TPSA) is 53.1 Å². The van der Waals surface area contributed by atoms with Crippen LogP contribution in [0.3, 0.4) is 0 Å². The van der Waals surface area contributed by atoms with E-state index in [-0.39, 0.29) is 5.56 Å². The fourth-order valence-electron chi connectivity index (χ4n) is 0.831. The van der Waals surface area contributed by atoms with E-state index in [1.807, 2.05) is 0 Å². The molecular formula is C5H5N3O. The van der Waals surface area contributed by atoms with Crippen molar-refractivity contribution >= 4 is 5.65 Å². The van der Waals surface area contributed by atoms with Crippen molar-refractivity contribution < 1.29 is 0 Å². The summed E-state index contributed by atoms with van der Waals surface area (Å²) in [6.07, 6.45) is 3.50. The molecule has 2 aromatic rings. The largest absolute Gasteiger partial charge is 0.345 e. The molecule has 0 saturated heterocycles. The van der Waals surface area contributed by atoms with E-state index < -0.39 is 0 Å². The van der Waals surface area contributed by atoms with Gasteiger partial charge in [0.1, 0.15) is 5.65 Å². The molecule has 2 aromatic heterocycles. The number of H-pyrrole nitrogens is 2. The molecule has 2 heterocycles. The summed E-state index contributed by atoms with van der Waals surface area (Å²) in [6.45, 7) is 0. The highest BCUT2D eigenvalue weighted by molar-refractivity contribution is 5.34. The minimum Gasteiger partial charge on any atom is -0.345 e. The number of aromatic amines is 2. The van der Waals surface area contributed by atoms with E-state index in [4.69, 9.17) is 0 Å². The van der Waals surface area contributed by atoms with Crippen molar-refractivity contribution in [2.24, 2.45) is 0 Å². The van der Waals surface area contributed by atoms with Crippen LogP contribution in [-0.2, 0) is 0 Å². The van der Waals surface area contributed by atoms with Crippen LogP contribution in [0.5, 0.6) is 0 Å². The Kier molecular flexibility index (Phi) is 0.631. The van der Waals surface area contributed by atoms with Gasteiger partial charge in [0, 0.05) is 18.5 Å². The van der Waals surface area contributed by atoms with Gasteiger partial charge in [0.25, 0.3) is 5.56 Å². The molecule has 0 saturated carbocycles. The Labute approximate surface area is 50.1 Å². The van der Waals surface area contributed by atoms with Crippen LogP contribution >= 0.6 is 0 Å². The number of rotatable bonds is 0. The second-order valence-corrected chi connectivity index (χ2v) is 1.84. The Bertz CT molecular complexity index is 335. The predicted molar refractivity (Wildman–Crippen MR) is 32.4 cm³/mol. The molecule has 0 aliphatic rings. The van der Waals surface area contributed by atoms with Crippen LogP contribution in [0.15, 0.2) is 23.3 Å². The summed E-state index contributed by atoms with van der Waals surface area (Å²) >= 11 is 0. The summed E-state index contributed by atoms with van der Waals surface area (Å²) in [5.41, 5.74) is 0.710. The molecule has 0 unspecified atom stereocenters. The van der Waals surface area contributed by atoms with Crippen molar-refractivity contribution in [1.82, 2.24) is 14.6 Å². The van der Waals surface area contributed by atoms with Crippen LogP contribution in [0, 0.1) is 0 Å². The van der Waals surface area contributed by atoms with E-state index in [1.54, 1.807) is 16.9 Å². The average Bonchev–Trinajstić information content (AvgIpc) is 2.22. The summed E-state index contributed by atoms with van der Waals surface area (Å²) in [5.74, 6) is 0. The molecule has 0 spiro atoms. The van der Waals surface area contributed by atoms with Gasteiger partial charge in [-0.15, -0.1) is 0 Å². The van der Waals surface area contributed by atoms with Gasteiger partial charge in [-0.2, -0.15) is 0 Å². The summed E-state index contributed by atoms with van der Waals surface area (Å²) in [7, 11) is 0. The quantitative estimate of drug-likeness (QED) is 0.507. The summed E-state index contributed by atoms with van der Waals surface area (Å²) < 4.78 is 1.63. The number of imidazole rings is 1. The van der Waals surface area contributed by atoms with E-state index in [1.165, 1.54) is 6.07 Å². The molecule has 0 amide bonds. The summed E-state index contributed by atoms with van der Waals surface area (Å²) in [5, 5.41) is 2.57. The number of aromatic nitrogens is 3. The first-order valence-corrected chi connectivity index (χ1v) is 2.61. The highest BCUT2D eigenvalue weighted by Gasteiger charge is 1.91. The Morgan fingerprint density at radius 1 is 1.56 bits per heavy atom. The molecule has 4 heteroatoms. The first-order chi connectivity index (χ1) is 4.36. The summed E-state index contributed by atoms with van der Waals surface area (Å²) in [4.78, 5) is 13.4. The van der Waals surface area contributed by atoms with Crippen molar-refractivity contribution in [3.8, 4) is 0 Å². The fourth-order valence-corrected chi connectivity index (χ4v) is 0.831. The monoisotopic (exact) mass is 123 g/mol.